The first-order valence-electron chi connectivity index (χ1n) is 2.81. The van der Waals surface area contributed by atoms with Gasteiger partial charge in [0.25, 0.3) is 0 Å². The van der Waals surface area contributed by atoms with E-state index in [0.717, 1.165) is 18.3 Å². The molecule has 0 unspecified atom stereocenters. The summed E-state index contributed by atoms with van der Waals surface area (Å²) < 4.78 is 29.3. The highest BCUT2D eigenvalue weighted by Crippen LogP contribution is 1.98. The van der Waals surface area contributed by atoms with Crippen molar-refractivity contribution in [1.82, 2.24) is 3.97 Å². The zero-order valence-corrected chi connectivity index (χ0v) is 6.52. The van der Waals surface area contributed by atoms with Gasteiger partial charge in [-0.3, -0.25) is 9.35 Å². The van der Waals surface area contributed by atoms with Crippen molar-refractivity contribution in [3.63, 3.8) is 0 Å². The molecule has 0 saturated heterocycles. The van der Waals surface area contributed by atoms with Crippen molar-refractivity contribution in [1.29, 1.82) is 0 Å². The highest BCUT2D eigenvalue weighted by atomic mass is 32.2. The van der Waals surface area contributed by atoms with Gasteiger partial charge in [0.05, 0.1) is 0 Å². The van der Waals surface area contributed by atoms with Crippen LogP contribution in [0.25, 0.3) is 0 Å². The second-order valence-corrected chi connectivity index (χ2v) is 3.26. The standard InChI is InChI=1S/C5H5NO5S/c7-4-2-1-3-6(5(4)8)12(9,10)11/h1-3,7H,(H,9,10,11). The van der Waals surface area contributed by atoms with Crippen molar-refractivity contribution >= 4 is 10.3 Å². The molecule has 1 heterocycles. The van der Waals surface area contributed by atoms with E-state index in [1.807, 2.05) is 0 Å². The fourth-order valence-electron chi connectivity index (χ4n) is 0.646. The summed E-state index contributed by atoms with van der Waals surface area (Å²) in [6.07, 6.45) is 0.831. The average molecular weight is 191 g/mol. The molecule has 0 saturated carbocycles. The lowest BCUT2D eigenvalue weighted by molar-refractivity contribution is 0.450. The Balaban J connectivity index is 3.59. The van der Waals surface area contributed by atoms with Crippen LogP contribution in [-0.2, 0) is 10.3 Å². The number of nitrogens with zero attached hydrogens (tertiary/aromatic N) is 1. The maximum atomic E-state index is 10.8. The van der Waals surface area contributed by atoms with Crippen molar-refractivity contribution in [2.45, 2.75) is 0 Å². The molecule has 1 aromatic rings. The molecule has 0 aliphatic carbocycles. The van der Waals surface area contributed by atoms with Crippen LogP contribution < -0.4 is 5.56 Å². The Morgan fingerprint density at radius 1 is 1.42 bits per heavy atom. The molecule has 0 aliphatic heterocycles. The van der Waals surface area contributed by atoms with Crippen LogP contribution in [0.5, 0.6) is 5.75 Å². The fourth-order valence-corrected chi connectivity index (χ4v) is 1.17. The first kappa shape index (κ1) is 8.75. The van der Waals surface area contributed by atoms with Gasteiger partial charge in [0.15, 0.2) is 5.75 Å². The van der Waals surface area contributed by atoms with E-state index >= 15 is 0 Å². The molecule has 0 spiro atoms. The second kappa shape index (κ2) is 2.61. The van der Waals surface area contributed by atoms with Crippen LogP contribution in [0.15, 0.2) is 23.1 Å². The van der Waals surface area contributed by atoms with E-state index in [1.165, 1.54) is 0 Å². The summed E-state index contributed by atoms with van der Waals surface area (Å²) in [5, 5.41) is 8.75. The van der Waals surface area contributed by atoms with Gasteiger partial charge < -0.3 is 5.11 Å². The molecule has 12 heavy (non-hydrogen) atoms. The molecule has 66 valence electrons. The maximum Gasteiger partial charge on any atom is 0.366 e. The van der Waals surface area contributed by atoms with Crippen LogP contribution in [-0.4, -0.2) is 22.0 Å². The van der Waals surface area contributed by atoms with Crippen molar-refractivity contribution in [3.8, 4) is 5.75 Å². The molecule has 0 bridgehead atoms. The minimum Gasteiger partial charge on any atom is -0.503 e. The Labute approximate surface area is 67.6 Å². The van der Waals surface area contributed by atoms with E-state index < -0.39 is 21.6 Å². The highest BCUT2D eigenvalue weighted by molar-refractivity contribution is 7.84. The molecule has 0 aliphatic rings. The molecular formula is C5H5NO5S. The summed E-state index contributed by atoms with van der Waals surface area (Å²) in [7, 11) is -4.61. The number of pyridine rings is 1. The highest BCUT2D eigenvalue weighted by Gasteiger charge is 2.11. The number of rotatable bonds is 1. The second-order valence-electron chi connectivity index (χ2n) is 1.97. The summed E-state index contributed by atoms with van der Waals surface area (Å²) in [6.45, 7) is 0. The summed E-state index contributed by atoms with van der Waals surface area (Å²) >= 11 is 0. The van der Waals surface area contributed by atoms with Gasteiger partial charge in [-0.05, 0) is 12.1 Å². The molecule has 0 amide bonds. The van der Waals surface area contributed by atoms with Crippen LogP contribution in [0, 0.1) is 0 Å². The SMILES string of the molecule is O=c1c(O)cccn1S(=O)(=O)O. The predicted octanol–water partition coefficient (Wildman–Crippen LogP) is -0.795. The maximum absolute atomic E-state index is 10.8. The largest absolute Gasteiger partial charge is 0.503 e. The van der Waals surface area contributed by atoms with Gasteiger partial charge in [-0.15, -0.1) is 0 Å². The number of hydrogen-bond acceptors (Lipinski definition) is 4. The minimum absolute atomic E-state index is 0.0301. The molecular weight excluding hydrogens is 186 g/mol. The van der Waals surface area contributed by atoms with Crippen molar-refractivity contribution < 1.29 is 18.1 Å². The first-order valence-corrected chi connectivity index (χ1v) is 4.21. The van der Waals surface area contributed by atoms with Crippen LogP contribution in [0.1, 0.15) is 0 Å². The third kappa shape index (κ3) is 1.46. The smallest absolute Gasteiger partial charge is 0.366 e. The van der Waals surface area contributed by atoms with E-state index in [-0.39, 0.29) is 3.97 Å². The molecule has 1 rings (SSSR count). The predicted molar refractivity (Wildman–Crippen MR) is 39.3 cm³/mol. The Bertz CT molecular complexity index is 445. The van der Waals surface area contributed by atoms with E-state index in [4.69, 9.17) is 9.66 Å². The Morgan fingerprint density at radius 3 is 2.42 bits per heavy atom. The summed E-state index contributed by atoms with van der Waals surface area (Å²) in [5.41, 5.74) is -1.18. The van der Waals surface area contributed by atoms with Crippen LogP contribution in [0.3, 0.4) is 0 Å². The third-order valence-corrected chi connectivity index (χ3v) is 1.93. The molecule has 7 heteroatoms. The normalized spacial score (nSPS) is 11.4. The molecule has 6 nitrogen and oxygen atoms in total. The van der Waals surface area contributed by atoms with E-state index in [2.05, 4.69) is 0 Å². The lowest BCUT2D eigenvalue weighted by Crippen LogP contribution is -2.25. The average Bonchev–Trinajstić information content (AvgIpc) is 1.92. The van der Waals surface area contributed by atoms with Gasteiger partial charge >= 0.3 is 15.9 Å². The Kier molecular flexibility index (Phi) is 1.90. The van der Waals surface area contributed by atoms with Gasteiger partial charge in [-0.1, -0.05) is 0 Å². The van der Waals surface area contributed by atoms with Gasteiger partial charge in [-0.25, -0.2) is 0 Å². The van der Waals surface area contributed by atoms with E-state index in [0.29, 0.717) is 0 Å². The van der Waals surface area contributed by atoms with Crippen molar-refractivity contribution in [2.75, 3.05) is 0 Å². The van der Waals surface area contributed by atoms with E-state index in [1.54, 1.807) is 0 Å². The number of aromatic hydroxyl groups is 1. The Hall–Kier alpha value is -1.34. The lowest BCUT2D eigenvalue weighted by atomic mass is 10.5. The quantitative estimate of drug-likeness (QED) is 0.567. The molecule has 0 fully saturated rings. The van der Waals surface area contributed by atoms with Crippen molar-refractivity contribution in [2.24, 2.45) is 0 Å². The zero-order chi connectivity index (χ0) is 9.35. The molecule has 0 aromatic carbocycles. The summed E-state index contributed by atoms with van der Waals surface area (Å²) in [4.78, 5) is 10.8. The summed E-state index contributed by atoms with van der Waals surface area (Å²) in [6, 6.07) is 2.13. The van der Waals surface area contributed by atoms with Gasteiger partial charge in [-0.2, -0.15) is 12.4 Å². The number of hydrogen-bond donors (Lipinski definition) is 2. The van der Waals surface area contributed by atoms with Crippen LogP contribution >= 0.6 is 0 Å². The number of aromatic nitrogens is 1. The van der Waals surface area contributed by atoms with Crippen molar-refractivity contribution in [3.05, 3.63) is 28.7 Å². The Morgan fingerprint density at radius 2 is 2.00 bits per heavy atom. The monoisotopic (exact) mass is 191 g/mol. The molecule has 0 radical (unpaired) electrons. The van der Waals surface area contributed by atoms with E-state index in [9.17, 15) is 13.2 Å². The third-order valence-electron chi connectivity index (χ3n) is 1.14. The minimum atomic E-state index is -4.61. The van der Waals surface area contributed by atoms with Gasteiger partial charge in [0, 0.05) is 6.20 Å². The molecule has 1 aromatic heterocycles. The fraction of sp³-hybridized carbons (Fsp3) is 0. The molecule has 2 N–H and O–H groups in total. The van der Waals surface area contributed by atoms with Gasteiger partial charge in [0.1, 0.15) is 0 Å². The summed E-state index contributed by atoms with van der Waals surface area (Å²) in [5.74, 6) is -0.741. The van der Waals surface area contributed by atoms with Crippen LogP contribution in [0.2, 0.25) is 0 Å². The van der Waals surface area contributed by atoms with Gasteiger partial charge in [0.2, 0.25) is 0 Å². The zero-order valence-electron chi connectivity index (χ0n) is 5.71. The molecule has 0 atom stereocenters. The topological polar surface area (TPSA) is 96.6 Å². The first-order chi connectivity index (χ1) is 5.43. The lowest BCUT2D eigenvalue weighted by Gasteiger charge is -1.99. The van der Waals surface area contributed by atoms with Crippen LogP contribution in [0.4, 0.5) is 0 Å².